The van der Waals surface area contributed by atoms with Crippen LogP contribution in [0.5, 0.6) is 0 Å². The maximum absolute atomic E-state index is 13.6. The molecule has 0 atom stereocenters. The molecular formula is C15H16FNO2. The summed E-state index contributed by atoms with van der Waals surface area (Å²) in [6.45, 7) is 1.85. The molecule has 0 bridgehead atoms. The van der Waals surface area contributed by atoms with Crippen molar-refractivity contribution in [3.05, 3.63) is 35.1 Å². The molecule has 0 heterocycles. The van der Waals surface area contributed by atoms with Crippen molar-refractivity contribution in [2.75, 3.05) is 6.61 Å². The summed E-state index contributed by atoms with van der Waals surface area (Å²) in [7, 11) is 0. The second-order valence-electron chi connectivity index (χ2n) is 4.90. The molecule has 0 radical (unpaired) electrons. The van der Waals surface area contributed by atoms with Gasteiger partial charge in [0, 0.05) is 11.6 Å². The molecule has 1 saturated carbocycles. The summed E-state index contributed by atoms with van der Waals surface area (Å²) in [5, 5.41) is 11.4. The molecular weight excluding hydrogens is 245 g/mol. The van der Waals surface area contributed by atoms with Crippen molar-refractivity contribution in [1.29, 1.82) is 0 Å². The molecule has 1 amide bonds. The minimum atomic E-state index is -0.556. The maximum Gasteiger partial charge on any atom is 0.254 e. The zero-order valence-corrected chi connectivity index (χ0v) is 10.7. The first-order chi connectivity index (χ1) is 9.10. The van der Waals surface area contributed by atoms with Gasteiger partial charge in [-0.25, -0.2) is 4.39 Å². The van der Waals surface area contributed by atoms with E-state index in [4.69, 9.17) is 5.11 Å². The first kappa shape index (κ1) is 13.6. The normalized spacial score (nSPS) is 21.0. The van der Waals surface area contributed by atoms with Gasteiger partial charge in [0.05, 0.1) is 5.56 Å². The lowest BCUT2D eigenvalue weighted by Gasteiger charge is -2.33. The number of hydrogen-bond donors (Lipinski definition) is 2. The number of aliphatic hydroxyl groups is 1. The quantitative estimate of drug-likeness (QED) is 0.796. The van der Waals surface area contributed by atoms with Crippen LogP contribution in [-0.4, -0.2) is 23.7 Å². The predicted octanol–water partition coefficient (Wildman–Crippen LogP) is 1.70. The summed E-state index contributed by atoms with van der Waals surface area (Å²) in [6, 6.07) is 4.27. The van der Waals surface area contributed by atoms with E-state index < -0.39 is 11.7 Å². The lowest BCUT2D eigenvalue weighted by molar-refractivity contribution is 0.0892. The summed E-state index contributed by atoms with van der Waals surface area (Å²) >= 11 is 0. The predicted molar refractivity (Wildman–Crippen MR) is 70.0 cm³/mol. The van der Waals surface area contributed by atoms with Crippen LogP contribution in [0.2, 0.25) is 0 Å². The van der Waals surface area contributed by atoms with Gasteiger partial charge in [0.25, 0.3) is 5.91 Å². The molecule has 2 N–H and O–H groups in total. The largest absolute Gasteiger partial charge is 0.384 e. The summed E-state index contributed by atoms with van der Waals surface area (Å²) in [5.74, 6) is 4.79. The van der Waals surface area contributed by atoms with Crippen LogP contribution in [0.3, 0.4) is 0 Å². The number of benzene rings is 1. The zero-order valence-electron chi connectivity index (χ0n) is 10.7. The summed E-state index contributed by atoms with van der Waals surface area (Å²) < 4.78 is 13.6. The van der Waals surface area contributed by atoms with Gasteiger partial charge in [0.1, 0.15) is 12.4 Å². The fourth-order valence-corrected chi connectivity index (χ4v) is 2.20. The molecule has 0 spiro atoms. The smallest absolute Gasteiger partial charge is 0.254 e. The average Bonchev–Trinajstić information content (AvgIpc) is 2.35. The van der Waals surface area contributed by atoms with Gasteiger partial charge < -0.3 is 10.4 Å². The van der Waals surface area contributed by atoms with Crippen molar-refractivity contribution in [3.63, 3.8) is 0 Å². The van der Waals surface area contributed by atoms with E-state index in [0.29, 0.717) is 11.5 Å². The zero-order chi connectivity index (χ0) is 13.8. The molecule has 1 aromatic rings. The third-order valence-electron chi connectivity index (χ3n) is 3.23. The van der Waals surface area contributed by atoms with Gasteiger partial charge in [-0.15, -0.1) is 0 Å². The Kier molecular flexibility index (Phi) is 4.18. The number of aliphatic hydroxyl groups excluding tert-OH is 1. The van der Waals surface area contributed by atoms with Crippen LogP contribution in [0, 0.1) is 23.6 Å². The van der Waals surface area contributed by atoms with Crippen molar-refractivity contribution in [3.8, 4) is 11.8 Å². The monoisotopic (exact) mass is 261 g/mol. The van der Waals surface area contributed by atoms with Crippen LogP contribution in [0.25, 0.3) is 0 Å². The van der Waals surface area contributed by atoms with Crippen molar-refractivity contribution in [1.82, 2.24) is 5.32 Å². The number of hydrogen-bond acceptors (Lipinski definition) is 2. The summed E-state index contributed by atoms with van der Waals surface area (Å²) in [5.41, 5.74) is 0.520. The highest BCUT2D eigenvalue weighted by molar-refractivity contribution is 5.95. The molecule has 19 heavy (non-hydrogen) atoms. The van der Waals surface area contributed by atoms with Gasteiger partial charge in [-0.3, -0.25) is 4.79 Å². The highest BCUT2D eigenvalue weighted by atomic mass is 19.1. The number of halogens is 1. The molecule has 0 unspecified atom stereocenters. The van der Waals surface area contributed by atoms with E-state index in [2.05, 4.69) is 24.1 Å². The van der Waals surface area contributed by atoms with Crippen molar-refractivity contribution in [2.24, 2.45) is 5.92 Å². The lowest BCUT2D eigenvalue weighted by Crippen LogP contribution is -2.43. The van der Waals surface area contributed by atoms with Gasteiger partial charge in [-0.1, -0.05) is 18.8 Å². The van der Waals surface area contributed by atoms with E-state index >= 15 is 0 Å². The van der Waals surface area contributed by atoms with Crippen molar-refractivity contribution < 1.29 is 14.3 Å². The molecule has 1 fully saturated rings. The van der Waals surface area contributed by atoms with Gasteiger partial charge in [-0.05, 0) is 37.0 Å². The van der Waals surface area contributed by atoms with E-state index in [0.717, 1.165) is 12.8 Å². The minimum absolute atomic E-state index is 0.00397. The number of carbonyl (C=O) groups is 1. The molecule has 1 aliphatic rings. The molecule has 4 heteroatoms. The Balaban J connectivity index is 2.11. The van der Waals surface area contributed by atoms with E-state index in [-0.39, 0.29) is 18.2 Å². The molecule has 1 aromatic carbocycles. The summed E-state index contributed by atoms with van der Waals surface area (Å²) in [4.78, 5) is 12.0. The van der Waals surface area contributed by atoms with Crippen LogP contribution in [-0.2, 0) is 0 Å². The lowest BCUT2D eigenvalue weighted by atomic mass is 9.82. The van der Waals surface area contributed by atoms with Crippen LogP contribution in [0.4, 0.5) is 4.39 Å². The Morgan fingerprint density at radius 3 is 2.89 bits per heavy atom. The van der Waals surface area contributed by atoms with Crippen molar-refractivity contribution in [2.45, 2.75) is 25.8 Å². The minimum Gasteiger partial charge on any atom is -0.384 e. The average molecular weight is 261 g/mol. The molecule has 100 valence electrons. The van der Waals surface area contributed by atoms with Gasteiger partial charge in [0.15, 0.2) is 0 Å². The third-order valence-corrected chi connectivity index (χ3v) is 3.23. The number of nitrogens with one attached hydrogen (secondary N) is 1. The third kappa shape index (κ3) is 3.33. The second kappa shape index (κ2) is 5.85. The Morgan fingerprint density at radius 2 is 2.26 bits per heavy atom. The second-order valence-corrected chi connectivity index (χ2v) is 4.90. The topological polar surface area (TPSA) is 49.3 Å². The Labute approximate surface area is 111 Å². The van der Waals surface area contributed by atoms with E-state index in [1.165, 1.54) is 18.2 Å². The molecule has 1 aliphatic carbocycles. The molecule has 0 saturated heterocycles. The Hall–Kier alpha value is -1.86. The van der Waals surface area contributed by atoms with Gasteiger partial charge in [0.2, 0.25) is 0 Å². The number of amides is 1. The first-order valence-corrected chi connectivity index (χ1v) is 6.30. The Morgan fingerprint density at radius 1 is 1.53 bits per heavy atom. The summed E-state index contributed by atoms with van der Waals surface area (Å²) in [6.07, 6.45) is 1.88. The number of carbonyl (C=O) groups excluding carboxylic acids is 1. The molecule has 0 aromatic heterocycles. The van der Waals surface area contributed by atoms with Crippen LogP contribution in [0.15, 0.2) is 18.2 Å². The van der Waals surface area contributed by atoms with Crippen LogP contribution < -0.4 is 5.32 Å². The van der Waals surface area contributed by atoms with Gasteiger partial charge >= 0.3 is 0 Å². The molecule has 3 nitrogen and oxygen atoms in total. The SMILES string of the molecule is CC1CC(NC(=O)c2cc(C#CCO)ccc2F)C1. The van der Waals surface area contributed by atoms with E-state index in [1.54, 1.807) is 0 Å². The van der Waals surface area contributed by atoms with Gasteiger partial charge in [-0.2, -0.15) is 0 Å². The fourth-order valence-electron chi connectivity index (χ4n) is 2.20. The molecule has 0 aliphatic heterocycles. The fraction of sp³-hybridized carbons (Fsp3) is 0.400. The van der Waals surface area contributed by atoms with Crippen LogP contribution >= 0.6 is 0 Å². The van der Waals surface area contributed by atoms with Crippen LogP contribution in [0.1, 0.15) is 35.7 Å². The Bertz CT molecular complexity index is 539. The first-order valence-electron chi connectivity index (χ1n) is 6.30. The highest BCUT2D eigenvalue weighted by Crippen LogP contribution is 2.26. The molecule has 2 rings (SSSR count). The van der Waals surface area contributed by atoms with Crippen molar-refractivity contribution >= 4 is 5.91 Å². The van der Waals surface area contributed by atoms with E-state index in [1.807, 2.05) is 0 Å². The highest BCUT2D eigenvalue weighted by Gasteiger charge is 2.27. The van der Waals surface area contributed by atoms with E-state index in [9.17, 15) is 9.18 Å². The maximum atomic E-state index is 13.6. The standard InChI is InChI=1S/C15H16FNO2/c1-10-7-12(8-10)17-15(19)13-9-11(3-2-6-18)4-5-14(13)16/h4-5,9-10,12,18H,6-8H2,1H3,(H,17,19). The number of rotatable bonds is 2.